The van der Waals surface area contributed by atoms with E-state index in [-0.39, 0.29) is 0 Å². The van der Waals surface area contributed by atoms with Gasteiger partial charge in [-0.15, -0.1) is 0 Å². The molecule has 140 valence electrons. The van der Waals surface area contributed by atoms with E-state index in [1.165, 1.54) is 56.4 Å². The number of nitrogens with zero attached hydrogens (tertiary/aromatic N) is 2. The summed E-state index contributed by atoms with van der Waals surface area (Å²) >= 11 is 0. The van der Waals surface area contributed by atoms with Gasteiger partial charge in [0.15, 0.2) is 0 Å². The quantitative estimate of drug-likeness (QED) is 0.871. The number of nitrogens with one attached hydrogen (secondary N) is 1. The molecule has 3 nitrogen and oxygen atoms in total. The van der Waals surface area contributed by atoms with Crippen molar-refractivity contribution in [1.82, 2.24) is 15.1 Å². The molecule has 0 aromatic heterocycles. The molecule has 1 aromatic rings. The minimum Gasteiger partial charge on any atom is -0.314 e. The molecule has 1 N–H and O–H groups in total. The molecule has 2 heterocycles. The van der Waals surface area contributed by atoms with Crippen molar-refractivity contribution in [3.8, 4) is 0 Å². The fraction of sp³-hybridized carbons (Fsp3) is 0.727. The smallest absolute Gasteiger partial charge is 0.0479 e. The second-order valence-corrected chi connectivity index (χ2v) is 8.34. The van der Waals surface area contributed by atoms with Gasteiger partial charge in [-0.05, 0) is 49.9 Å². The van der Waals surface area contributed by atoms with Crippen molar-refractivity contribution in [2.45, 2.75) is 64.5 Å². The Hall–Kier alpha value is -0.900. The number of rotatable bonds is 5. The van der Waals surface area contributed by atoms with Gasteiger partial charge in [-0.1, -0.05) is 51.0 Å². The van der Waals surface area contributed by atoms with Crippen LogP contribution in [-0.4, -0.2) is 55.1 Å². The minimum absolute atomic E-state index is 0.524. The van der Waals surface area contributed by atoms with Crippen LogP contribution >= 0.6 is 0 Å². The second kappa shape index (κ2) is 9.16. The Morgan fingerprint density at radius 2 is 1.60 bits per heavy atom. The SMILES string of the molecule is CC(C)c1ccc(C(CN2CCCCCC2)N2CCNCC2C)cc1. The molecule has 3 rings (SSSR count). The molecule has 1 aromatic carbocycles. The molecule has 0 saturated carbocycles. The van der Waals surface area contributed by atoms with Gasteiger partial charge in [0.25, 0.3) is 0 Å². The highest BCUT2D eigenvalue weighted by Gasteiger charge is 2.29. The monoisotopic (exact) mass is 343 g/mol. The van der Waals surface area contributed by atoms with Crippen molar-refractivity contribution in [3.05, 3.63) is 35.4 Å². The fourth-order valence-electron chi connectivity index (χ4n) is 4.39. The van der Waals surface area contributed by atoms with Crippen LogP contribution in [0, 0.1) is 0 Å². The van der Waals surface area contributed by atoms with Crippen molar-refractivity contribution in [2.75, 3.05) is 39.3 Å². The van der Waals surface area contributed by atoms with E-state index in [1.54, 1.807) is 0 Å². The molecule has 2 unspecified atom stereocenters. The first-order valence-corrected chi connectivity index (χ1v) is 10.4. The molecule has 0 aliphatic carbocycles. The zero-order valence-electron chi connectivity index (χ0n) is 16.5. The standard InChI is InChI=1S/C22H37N3/c1-18(2)20-8-10-21(11-9-20)22(25-15-12-23-16-19(25)3)17-24-13-6-4-5-7-14-24/h8-11,18-19,22-23H,4-7,12-17H2,1-3H3. The number of hydrogen-bond donors (Lipinski definition) is 1. The lowest BCUT2D eigenvalue weighted by atomic mass is 9.96. The third kappa shape index (κ3) is 5.06. The van der Waals surface area contributed by atoms with Crippen LogP contribution in [0.2, 0.25) is 0 Å². The lowest BCUT2D eigenvalue weighted by Crippen LogP contribution is -2.53. The van der Waals surface area contributed by atoms with Gasteiger partial charge < -0.3 is 10.2 Å². The summed E-state index contributed by atoms with van der Waals surface area (Å²) in [7, 11) is 0. The summed E-state index contributed by atoms with van der Waals surface area (Å²) in [4.78, 5) is 5.47. The van der Waals surface area contributed by atoms with Gasteiger partial charge in [0.1, 0.15) is 0 Å². The number of piperazine rings is 1. The first-order valence-electron chi connectivity index (χ1n) is 10.4. The topological polar surface area (TPSA) is 18.5 Å². The minimum atomic E-state index is 0.524. The Balaban J connectivity index is 1.79. The van der Waals surface area contributed by atoms with Crippen LogP contribution < -0.4 is 5.32 Å². The van der Waals surface area contributed by atoms with Crippen molar-refractivity contribution < 1.29 is 0 Å². The van der Waals surface area contributed by atoms with Crippen LogP contribution in [0.4, 0.5) is 0 Å². The third-order valence-electron chi connectivity index (χ3n) is 6.07. The zero-order chi connectivity index (χ0) is 17.6. The van der Waals surface area contributed by atoms with E-state index in [0.717, 1.165) is 19.6 Å². The number of likely N-dealkylation sites (tertiary alicyclic amines) is 1. The Bertz CT molecular complexity index is 503. The highest BCUT2D eigenvalue weighted by atomic mass is 15.3. The van der Waals surface area contributed by atoms with E-state index in [0.29, 0.717) is 18.0 Å². The second-order valence-electron chi connectivity index (χ2n) is 8.34. The highest BCUT2D eigenvalue weighted by molar-refractivity contribution is 5.27. The zero-order valence-corrected chi connectivity index (χ0v) is 16.5. The Morgan fingerprint density at radius 3 is 2.20 bits per heavy atom. The Kier molecular flexibility index (Phi) is 6.92. The highest BCUT2D eigenvalue weighted by Crippen LogP contribution is 2.27. The summed E-state index contributed by atoms with van der Waals surface area (Å²) in [5.74, 6) is 0.608. The van der Waals surface area contributed by atoms with Crippen LogP contribution in [-0.2, 0) is 0 Å². The summed E-state index contributed by atoms with van der Waals surface area (Å²) in [6.45, 7) is 14.1. The first-order chi connectivity index (χ1) is 12.1. The maximum Gasteiger partial charge on any atom is 0.0479 e. The average Bonchev–Trinajstić information content (AvgIpc) is 2.89. The van der Waals surface area contributed by atoms with Crippen molar-refractivity contribution in [2.24, 2.45) is 0 Å². The maximum absolute atomic E-state index is 3.55. The summed E-state index contributed by atoms with van der Waals surface area (Å²) < 4.78 is 0. The normalized spacial score (nSPS) is 25.0. The van der Waals surface area contributed by atoms with Crippen LogP contribution in [0.1, 0.15) is 69.5 Å². The number of hydrogen-bond acceptors (Lipinski definition) is 3. The number of benzene rings is 1. The molecule has 0 radical (unpaired) electrons. The predicted molar refractivity (Wildman–Crippen MR) is 107 cm³/mol. The lowest BCUT2D eigenvalue weighted by Gasteiger charge is -2.42. The Labute approximate surface area is 154 Å². The van der Waals surface area contributed by atoms with Crippen LogP contribution in [0.3, 0.4) is 0 Å². The van der Waals surface area contributed by atoms with E-state index in [4.69, 9.17) is 0 Å². The molecular formula is C22H37N3. The van der Waals surface area contributed by atoms with E-state index in [9.17, 15) is 0 Å². The molecular weight excluding hydrogens is 306 g/mol. The lowest BCUT2D eigenvalue weighted by molar-refractivity contribution is 0.0851. The van der Waals surface area contributed by atoms with Crippen LogP contribution in [0.5, 0.6) is 0 Å². The molecule has 2 aliphatic heterocycles. The van der Waals surface area contributed by atoms with E-state index in [2.05, 4.69) is 60.2 Å². The maximum atomic E-state index is 3.55. The van der Waals surface area contributed by atoms with E-state index >= 15 is 0 Å². The molecule has 2 fully saturated rings. The molecule has 0 spiro atoms. The molecule has 2 aliphatic rings. The third-order valence-corrected chi connectivity index (χ3v) is 6.07. The van der Waals surface area contributed by atoms with Gasteiger partial charge in [0.2, 0.25) is 0 Å². The molecule has 0 bridgehead atoms. The van der Waals surface area contributed by atoms with E-state index in [1.807, 2.05) is 0 Å². The predicted octanol–water partition coefficient (Wildman–Crippen LogP) is 4.02. The van der Waals surface area contributed by atoms with Crippen molar-refractivity contribution in [1.29, 1.82) is 0 Å². The van der Waals surface area contributed by atoms with Crippen molar-refractivity contribution in [3.63, 3.8) is 0 Å². The van der Waals surface area contributed by atoms with Gasteiger partial charge in [-0.2, -0.15) is 0 Å². The molecule has 0 amide bonds. The van der Waals surface area contributed by atoms with Gasteiger partial charge >= 0.3 is 0 Å². The average molecular weight is 344 g/mol. The summed E-state index contributed by atoms with van der Waals surface area (Å²) in [6.07, 6.45) is 5.56. The van der Waals surface area contributed by atoms with Gasteiger partial charge in [0, 0.05) is 38.3 Å². The van der Waals surface area contributed by atoms with Gasteiger partial charge in [-0.3, -0.25) is 4.90 Å². The Morgan fingerprint density at radius 1 is 0.960 bits per heavy atom. The summed E-state index contributed by atoms with van der Waals surface area (Å²) in [6, 6.07) is 10.6. The van der Waals surface area contributed by atoms with E-state index < -0.39 is 0 Å². The molecule has 3 heteroatoms. The van der Waals surface area contributed by atoms with Gasteiger partial charge in [-0.25, -0.2) is 0 Å². The molecule has 2 atom stereocenters. The first kappa shape index (κ1) is 18.9. The summed E-state index contributed by atoms with van der Waals surface area (Å²) in [5, 5.41) is 3.55. The fourth-order valence-corrected chi connectivity index (χ4v) is 4.39. The van der Waals surface area contributed by atoms with Crippen molar-refractivity contribution >= 4 is 0 Å². The van der Waals surface area contributed by atoms with Crippen LogP contribution in [0.15, 0.2) is 24.3 Å². The molecule has 25 heavy (non-hydrogen) atoms. The van der Waals surface area contributed by atoms with Crippen LogP contribution in [0.25, 0.3) is 0 Å². The summed E-state index contributed by atoms with van der Waals surface area (Å²) in [5.41, 5.74) is 2.95. The molecule has 2 saturated heterocycles. The van der Waals surface area contributed by atoms with Gasteiger partial charge in [0.05, 0.1) is 0 Å². The largest absolute Gasteiger partial charge is 0.314 e.